The normalized spacial score (nSPS) is 37.9. The van der Waals surface area contributed by atoms with Crippen LogP contribution in [0.4, 0.5) is 0 Å². The molecule has 3 heterocycles. The SMILES string of the molecule is Cc1nn(C)cc1-c1ccc(O[C@H]2C[C@@H]3CN(C(=O)C45CC6CC(CC(C6)C4)C5)C[C@@H]3C2)nn1. The third-order valence-electron chi connectivity index (χ3n) is 9.70. The Hall–Kier alpha value is -2.44. The molecule has 4 bridgehead atoms. The maximum Gasteiger partial charge on any atom is 0.233 e. The highest BCUT2D eigenvalue weighted by molar-refractivity contribution is 5.83. The summed E-state index contributed by atoms with van der Waals surface area (Å²) in [4.78, 5) is 16.0. The lowest BCUT2D eigenvalue weighted by Crippen LogP contribution is -2.54. The fraction of sp³-hybridized carbons (Fsp3) is 0.704. The Morgan fingerprint density at radius 2 is 1.62 bits per heavy atom. The molecule has 0 aromatic carbocycles. The first-order valence-electron chi connectivity index (χ1n) is 13.2. The Morgan fingerprint density at radius 3 is 2.15 bits per heavy atom. The van der Waals surface area contributed by atoms with Gasteiger partial charge in [-0.25, -0.2) is 0 Å². The van der Waals surface area contributed by atoms with E-state index in [0.29, 0.717) is 23.6 Å². The largest absolute Gasteiger partial charge is 0.473 e. The number of ether oxygens (including phenoxy) is 1. The summed E-state index contributed by atoms with van der Waals surface area (Å²) in [6.07, 6.45) is 11.9. The van der Waals surface area contributed by atoms with Crippen LogP contribution in [0.5, 0.6) is 5.88 Å². The summed E-state index contributed by atoms with van der Waals surface area (Å²) in [5, 5.41) is 13.1. The molecular weight excluding hydrogens is 426 g/mol. The second-order valence-corrected chi connectivity index (χ2v) is 12.2. The van der Waals surface area contributed by atoms with Crippen molar-refractivity contribution in [2.45, 2.75) is 64.4 Å². The standard InChI is InChI=1S/C27H35N5O2/c1-16-23(15-31(2)30-16)24-3-4-25(29-28-24)34-22-8-20-13-32(14-21(20)9-22)26(33)27-10-17-5-18(11-27)7-19(6-17)12-27/h3-4,15,17-22H,5-14H2,1-2H3/t17?,18?,19?,20-,21+,22+,27?. The van der Waals surface area contributed by atoms with Gasteiger partial charge in [0.05, 0.1) is 16.8 Å². The molecule has 6 fully saturated rings. The Morgan fingerprint density at radius 1 is 0.971 bits per heavy atom. The van der Waals surface area contributed by atoms with E-state index in [2.05, 4.69) is 20.2 Å². The first-order valence-corrected chi connectivity index (χ1v) is 13.2. The summed E-state index contributed by atoms with van der Waals surface area (Å²) in [7, 11) is 1.91. The third-order valence-corrected chi connectivity index (χ3v) is 9.70. The van der Waals surface area contributed by atoms with Gasteiger partial charge in [0.1, 0.15) is 6.10 Å². The first kappa shape index (κ1) is 20.9. The van der Waals surface area contributed by atoms with Gasteiger partial charge in [0.2, 0.25) is 11.8 Å². The molecule has 6 aliphatic rings. The highest BCUT2D eigenvalue weighted by atomic mass is 16.5. The zero-order chi connectivity index (χ0) is 23.0. The van der Waals surface area contributed by atoms with Gasteiger partial charge in [-0.15, -0.1) is 10.2 Å². The van der Waals surface area contributed by atoms with Crippen LogP contribution in [-0.2, 0) is 11.8 Å². The second-order valence-electron chi connectivity index (χ2n) is 12.2. The van der Waals surface area contributed by atoms with E-state index in [4.69, 9.17) is 4.74 Å². The molecule has 7 nitrogen and oxygen atoms in total. The monoisotopic (exact) mass is 461 g/mol. The predicted molar refractivity (Wildman–Crippen MR) is 127 cm³/mol. The molecule has 3 atom stereocenters. The molecule has 7 heteroatoms. The minimum atomic E-state index is -0.00669. The number of hydrogen-bond donors (Lipinski definition) is 0. The highest BCUT2D eigenvalue weighted by Crippen LogP contribution is 2.61. The second kappa shape index (κ2) is 7.53. The van der Waals surface area contributed by atoms with Gasteiger partial charge in [-0.3, -0.25) is 9.48 Å². The van der Waals surface area contributed by atoms with Gasteiger partial charge in [0.25, 0.3) is 0 Å². The zero-order valence-electron chi connectivity index (χ0n) is 20.3. The van der Waals surface area contributed by atoms with Crippen molar-refractivity contribution in [2.24, 2.45) is 42.1 Å². The number of amides is 1. The zero-order valence-corrected chi connectivity index (χ0v) is 20.3. The van der Waals surface area contributed by atoms with Gasteiger partial charge in [0.15, 0.2) is 0 Å². The van der Waals surface area contributed by atoms with Crippen molar-refractivity contribution in [2.75, 3.05) is 13.1 Å². The molecule has 2 aromatic rings. The Kier molecular flexibility index (Phi) is 4.63. The van der Waals surface area contributed by atoms with E-state index < -0.39 is 0 Å². The van der Waals surface area contributed by atoms with Crippen molar-refractivity contribution in [3.8, 4) is 17.1 Å². The van der Waals surface area contributed by atoms with Gasteiger partial charge < -0.3 is 9.64 Å². The number of carbonyl (C=O) groups is 1. The topological polar surface area (TPSA) is 73.1 Å². The van der Waals surface area contributed by atoms with Gasteiger partial charge in [-0.1, -0.05) is 0 Å². The van der Waals surface area contributed by atoms with Gasteiger partial charge in [-0.05, 0) is 93.9 Å². The van der Waals surface area contributed by atoms with Gasteiger partial charge >= 0.3 is 0 Å². The summed E-state index contributed by atoms with van der Waals surface area (Å²) in [5.74, 6) is 4.70. The quantitative estimate of drug-likeness (QED) is 0.688. The van der Waals surface area contributed by atoms with Crippen molar-refractivity contribution >= 4 is 5.91 Å². The summed E-state index contributed by atoms with van der Waals surface area (Å²) in [5.41, 5.74) is 2.76. The first-order chi connectivity index (χ1) is 16.4. The smallest absolute Gasteiger partial charge is 0.233 e. The number of rotatable bonds is 4. The van der Waals surface area contributed by atoms with E-state index in [1.807, 2.05) is 32.3 Å². The number of likely N-dealkylation sites (tertiary alicyclic amines) is 1. The fourth-order valence-corrected chi connectivity index (χ4v) is 8.76. The van der Waals surface area contributed by atoms with Crippen LogP contribution >= 0.6 is 0 Å². The van der Waals surface area contributed by atoms with E-state index in [0.717, 1.165) is 60.6 Å². The predicted octanol–water partition coefficient (Wildman–Crippen LogP) is 4.02. The van der Waals surface area contributed by atoms with E-state index in [-0.39, 0.29) is 11.5 Å². The van der Waals surface area contributed by atoms with E-state index in [1.54, 1.807) is 4.68 Å². The number of carbonyl (C=O) groups excluding carboxylic acids is 1. The lowest BCUT2D eigenvalue weighted by Gasteiger charge is -2.56. The molecule has 1 aliphatic heterocycles. The number of fused-ring (bicyclic) bond motifs is 1. The molecule has 1 amide bonds. The van der Waals surface area contributed by atoms with Crippen molar-refractivity contribution in [3.63, 3.8) is 0 Å². The van der Waals surface area contributed by atoms with Crippen LogP contribution in [0.3, 0.4) is 0 Å². The van der Waals surface area contributed by atoms with Crippen LogP contribution in [0.25, 0.3) is 11.3 Å². The van der Waals surface area contributed by atoms with Crippen molar-refractivity contribution in [3.05, 3.63) is 24.0 Å². The molecule has 0 spiro atoms. The van der Waals surface area contributed by atoms with Crippen LogP contribution in [0.1, 0.15) is 57.1 Å². The van der Waals surface area contributed by atoms with Crippen LogP contribution in [-0.4, -0.2) is 50.0 Å². The van der Waals surface area contributed by atoms with E-state index >= 15 is 0 Å². The molecule has 5 saturated carbocycles. The average molecular weight is 462 g/mol. The number of aromatic nitrogens is 4. The fourth-order valence-electron chi connectivity index (χ4n) is 8.76. The average Bonchev–Trinajstić information content (AvgIpc) is 3.45. The number of nitrogens with zero attached hydrogens (tertiary/aromatic N) is 5. The summed E-state index contributed by atoms with van der Waals surface area (Å²) < 4.78 is 8.03. The molecule has 2 aromatic heterocycles. The molecule has 8 rings (SSSR count). The maximum absolute atomic E-state index is 13.7. The van der Waals surface area contributed by atoms with Crippen LogP contribution < -0.4 is 4.74 Å². The summed E-state index contributed by atoms with van der Waals surface area (Å²) in [6.45, 7) is 3.84. The highest BCUT2D eigenvalue weighted by Gasteiger charge is 2.57. The van der Waals surface area contributed by atoms with Crippen molar-refractivity contribution in [1.29, 1.82) is 0 Å². The summed E-state index contributed by atoms with van der Waals surface area (Å²) >= 11 is 0. The Balaban J connectivity index is 0.971. The summed E-state index contributed by atoms with van der Waals surface area (Å²) in [6, 6.07) is 3.89. The molecule has 0 radical (unpaired) electrons. The molecule has 0 N–H and O–H groups in total. The van der Waals surface area contributed by atoms with Crippen molar-refractivity contribution < 1.29 is 9.53 Å². The van der Waals surface area contributed by atoms with E-state index in [1.165, 1.54) is 38.5 Å². The lowest BCUT2D eigenvalue weighted by molar-refractivity contribution is -0.157. The van der Waals surface area contributed by atoms with Gasteiger partial charge in [0, 0.05) is 38.0 Å². The van der Waals surface area contributed by atoms with Crippen LogP contribution in [0.2, 0.25) is 0 Å². The third kappa shape index (κ3) is 3.37. The molecule has 0 unspecified atom stereocenters. The molecule has 1 saturated heterocycles. The van der Waals surface area contributed by atoms with Gasteiger partial charge in [-0.2, -0.15) is 5.10 Å². The van der Waals surface area contributed by atoms with Crippen molar-refractivity contribution in [1.82, 2.24) is 24.9 Å². The minimum Gasteiger partial charge on any atom is -0.473 e. The molecule has 5 aliphatic carbocycles. The lowest BCUT2D eigenvalue weighted by atomic mass is 9.49. The molecular formula is C27H35N5O2. The Labute approximate surface area is 201 Å². The van der Waals surface area contributed by atoms with Crippen LogP contribution in [0.15, 0.2) is 18.3 Å². The van der Waals surface area contributed by atoms with E-state index in [9.17, 15) is 4.79 Å². The number of aryl methyl sites for hydroxylation is 2. The van der Waals surface area contributed by atoms with Crippen LogP contribution in [0, 0.1) is 41.9 Å². The molecule has 180 valence electrons. The Bertz CT molecular complexity index is 1060. The minimum absolute atomic E-state index is 0.00669. The maximum atomic E-state index is 13.7. The molecule has 34 heavy (non-hydrogen) atoms. The number of hydrogen-bond acceptors (Lipinski definition) is 5.